The molecule has 0 atom stereocenters. The molecule has 1 amide bonds. The molecule has 11 heteroatoms. The van der Waals surface area contributed by atoms with Crippen molar-refractivity contribution in [2.75, 3.05) is 31.1 Å². The molecule has 28 heavy (non-hydrogen) atoms. The summed E-state index contributed by atoms with van der Waals surface area (Å²) in [6.45, 7) is 0.710. The van der Waals surface area contributed by atoms with Crippen LogP contribution in [0.2, 0.25) is 0 Å². The molecule has 1 aromatic carbocycles. The number of nitro benzene ring substituents is 1. The monoisotopic (exact) mass is 396 g/mol. The van der Waals surface area contributed by atoms with Crippen molar-refractivity contribution in [3.8, 4) is 0 Å². The van der Waals surface area contributed by atoms with Gasteiger partial charge in [-0.3, -0.25) is 19.7 Å². The first kappa shape index (κ1) is 19.4. The molecule has 2 heterocycles. The summed E-state index contributed by atoms with van der Waals surface area (Å²) in [4.78, 5) is 40.0. The fraction of sp³-hybridized carbons (Fsp3) is 0.294. The topological polar surface area (TPSA) is 99.6 Å². The van der Waals surface area contributed by atoms with Crippen LogP contribution in [0.1, 0.15) is 15.9 Å². The van der Waals surface area contributed by atoms with E-state index in [-0.39, 0.29) is 37.4 Å². The van der Waals surface area contributed by atoms with Gasteiger partial charge in [0.1, 0.15) is 11.3 Å². The van der Waals surface area contributed by atoms with Gasteiger partial charge in [-0.2, -0.15) is 13.2 Å². The fourth-order valence-corrected chi connectivity index (χ4v) is 3.02. The smallest absolute Gasteiger partial charge is 0.362 e. The first-order chi connectivity index (χ1) is 13.2. The molecule has 0 saturated carbocycles. The largest absolute Gasteiger partial charge is 0.416 e. The number of carbonyl (C=O) groups excluding carboxylic acids is 1. The van der Waals surface area contributed by atoms with Crippen molar-refractivity contribution < 1.29 is 22.9 Å². The molecule has 0 spiro atoms. The van der Waals surface area contributed by atoms with Crippen LogP contribution in [0.25, 0.3) is 0 Å². The van der Waals surface area contributed by atoms with Crippen molar-refractivity contribution in [1.82, 2.24) is 9.88 Å². The van der Waals surface area contributed by atoms with Crippen LogP contribution < -0.4 is 10.5 Å². The summed E-state index contributed by atoms with van der Waals surface area (Å²) in [6.07, 6.45) is -3.28. The Kier molecular flexibility index (Phi) is 5.08. The third-order valence-corrected chi connectivity index (χ3v) is 4.46. The minimum Gasteiger partial charge on any atom is -0.362 e. The van der Waals surface area contributed by atoms with E-state index in [1.54, 1.807) is 4.90 Å². The minimum absolute atomic E-state index is 0.0172. The molecule has 1 aliphatic heterocycles. The molecule has 1 aliphatic rings. The number of carbonyl (C=O) groups is 1. The third kappa shape index (κ3) is 3.82. The van der Waals surface area contributed by atoms with Gasteiger partial charge in [-0.15, -0.1) is 0 Å². The highest BCUT2D eigenvalue weighted by Crippen LogP contribution is 2.36. The maximum absolute atomic E-state index is 12.8. The van der Waals surface area contributed by atoms with Gasteiger partial charge < -0.3 is 14.8 Å². The van der Waals surface area contributed by atoms with E-state index in [4.69, 9.17) is 0 Å². The number of halogens is 3. The Labute approximate surface area is 156 Å². The number of pyridine rings is 1. The summed E-state index contributed by atoms with van der Waals surface area (Å²) in [6, 6.07) is 5.30. The standard InChI is InChI=1S/C17H15F3N4O4/c18-17(19,20)11-3-4-13(14(10-11)24(27)28)22-6-8-23(9-7-22)16(26)12-2-1-5-21-15(12)25/h1-5,10H,6-9H2,(H,21,25). The number of aromatic amines is 1. The molecule has 0 radical (unpaired) electrons. The van der Waals surface area contributed by atoms with E-state index in [0.717, 1.165) is 12.1 Å². The van der Waals surface area contributed by atoms with Gasteiger partial charge >= 0.3 is 6.18 Å². The van der Waals surface area contributed by atoms with Crippen molar-refractivity contribution in [3.05, 3.63) is 68.1 Å². The number of anilines is 1. The van der Waals surface area contributed by atoms with Crippen LogP contribution in [0.3, 0.4) is 0 Å². The van der Waals surface area contributed by atoms with Gasteiger partial charge in [-0.1, -0.05) is 0 Å². The number of nitrogens with one attached hydrogen (secondary N) is 1. The zero-order valence-electron chi connectivity index (χ0n) is 14.4. The Morgan fingerprint density at radius 3 is 2.39 bits per heavy atom. The Balaban J connectivity index is 1.78. The second-order valence-corrected chi connectivity index (χ2v) is 6.15. The van der Waals surface area contributed by atoms with E-state index >= 15 is 0 Å². The number of amides is 1. The number of benzene rings is 1. The molecular weight excluding hydrogens is 381 g/mol. The molecule has 2 aromatic rings. The summed E-state index contributed by atoms with van der Waals surface area (Å²) in [5.41, 5.74) is -2.22. The van der Waals surface area contributed by atoms with Crippen LogP contribution >= 0.6 is 0 Å². The summed E-state index contributed by atoms with van der Waals surface area (Å²) < 4.78 is 38.5. The van der Waals surface area contributed by atoms with Crippen molar-refractivity contribution in [1.29, 1.82) is 0 Å². The molecule has 1 fully saturated rings. The zero-order valence-corrected chi connectivity index (χ0v) is 14.4. The summed E-state index contributed by atoms with van der Waals surface area (Å²) >= 11 is 0. The second kappa shape index (κ2) is 7.33. The van der Waals surface area contributed by atoms with E-state index in [2.05, 4.69) is 4.98 Å². The van der Waals surface area contributed by atoms with Crippen LogP contribution in [0, 0.1) is 10.1 Å². The van der Waals surface area contributed by atoms with Gasteiger partial charge in [-0.25, -0.2) is 0 Å². The Morgan fingerprint density at radius 2 is 1.82 bits per heavy atom. The first-order valence-electron chi connectivity index (χ1n) is 8.26. The van der Waals surface area contributed by atoms with Crippen LogP contribution in [-0.2, 0) is 6.18 Å². The number of nitro groups is 1. The van der Waals surface area contributed by atoms with Crippen molar-refractivity contribution >= 4 is 17.3 Å². The predicted molar refractivity (Wildman–Crippen MR) is 93.3 cm³/mol. The molecule has 1 aromatic heterocycles. The summed E-state index contributed by atoms with van der Waals surface area (Å²) in [7, 11) is 0. The summed E-state index contributed by atoms with van der Waals surface area (Å²) in [5.74, 6) is -0.469. The summed E-state index contributed by atoms with van der Waals surface area (Å²) in [5, 5.41) is 11.2. The number of hydrogen-bond donors (Lipinski definition) is 1. The lowest BCUT2D eigenvalue weighted by molar-refractivity contribution is -0.384. The number of H-pyrrole nitrogens is 1. The normalized spacial score (nSPS) is 14.8. The van der Waals surface area contributed by atoms with Crippen molar-refractivity contribution in [2.45, 2.75) is 6.18 Å². The molecule has 3 rings (SSSR count). The molecule has 1 N–H and O–H groups in total. The molecule has 148 valence electrons. The number of piperazine rings is 1. The maximum Gasteiger partial charge on any atom is 0.416 e. The lowest BCUT2D eigenvalue weighted by Gasteiger charge is -2.35. The van der Waals surface area contributed by atoms with Gasteiger partial charge in [0.15, 0.2) is 0 Å². The van der Waals surface area contributed by atoms with Crippen LogP contribution in [0.5, 0.6) is 0 Å². The van der Waals surface area contributed by atoms with Gasteiger partial charge in [0.05, 0.1) is 10.5 Å². The highest BCUT2D eigenvalue weighted by Gasteiger charge is 2.34. The van der Waals surface area contributed by atoms with Gasteiger partial charge in [0.25, 0.3) is 17.2 Å². The van der Waals surface area contributed by atoms with Crippen LogP contribution in [0.15, 0.2) is 41.3 Å². The second-order valence-electron chi connectivity index (χ2n) is 6.15. The molecular formula is C17H15F3N4O4. The maximum atomic E-state index is 12.8. The molecule has 0 aliphatic carbocycles. The first-order valence-corrected chi connectivity index (χ1v) is 8.26. The lowest BCUT2D eigenvalue weighted by atomic mass is 10.1. The van der Waals surface area contributed by atoms with E-state index in [0.29, 0.717) is 6.07 Å². The number of hydrogen-bond acceptors (Lipinski definition) is 5. The predicted octanol–water partition coefficient (Wildman–Crippen LogP) is 2.26. The highest BCUT2D eigenvalue weighted by atomic mass is 19.4. The van der Waals surface area contributed by atoms with Gasteiger partial charge in [-0.05, 0) is 24.3 Å². The number of aromatic nitrogens is 1. The SMILES string of the molecule is O=C(c1ccc[nH]c1=O)N1CCN(c2ccc(C(F)(F)F)cc2[N+](=O)[O-])CC1. The number of nitrogens with zero attached hydrogens (tertiary/aromatic N) is 3. The van der Waals surface area contributed by atoms with E-state index in [1.807, 2.05) is 0 Å². The number of alkyl halides is 3. The fourth-order valence-electron chi connectivity index (χ4n) is 3.02. The van der Waals surface area contributed by atoms with E-state index in [9.17, 15) is 32.9 Å². The molecule has 1 saturated heterocycles. The third-order valence-electron chi connectivity index (χ3n) is 4.46. The molecule has 8 nitrogen and oxygen atoms in total. The highest BCUT2D eigenvalue weighted by molar-refractivity contribution is 5.94. The molecule has 0 bridgehead atoms. The average Bonchev–Trinajstić information content (AvgIpc) is 2.67. The quantitative estimate of drug-likeness (QED) is 0.634. The average molecular weight is 396 g/mol. The van der Waals surface area contributed by atoms with Gasteiger partial charge in [0, 0.05) is 38.4 Å². The van der Waals surface area contributed by atoms with Crippen LogP contribution in [-0.4, -0.2) is 46.9 Å². The number of rotatable bonds is 3. The van der Waals surface area contributed by atoms with Crippen LogP contribution in [0.4, 0.5) is 24.5 Å². The minimum atomic E-state index is -4.68. The van der Waals surface area contributed by atoms with Crippen molar-refractivity contribution in [2.24, 2.45) is 0 Å². The Hall–Kier alpha value is -3.37. The Bertz CT molecular complexity index is 965. The van der Waals surface area contributed by atoms with E-state index < -0.39 is 33.8 Å². The van der Waals surface area contributed by atoms with E-state index in [1.165, 1.54) is 23.2 Å². The zero-order chi connectivity index (χ0) is 20.5. The molecule has 0 unspecified atom stereocenters. The van der Waals surface area contributed by atoms with Gasteiger partial charge in [0.2, 0.25) is 0 Å². The van der Waals surface area contributed by atoms with Crippen molar-refractivity contribution in [3.63, 3.8) is 0 Å². The Morgan fingerprint density at radius 1 is 1.14 bits per heavy atom. The lowest BCUT2D eigenvalue weighted by Crippen LogP contribution is -2.49.